The Balaban J connectivity index is 2.61. The number of rotatable bonds is 5. The molecule has 0 aliphatic carbocycles. The second kappa shape index (κ2) is 6.15. The number of hydrogen-bond donors (Lipinski definition) is 2. The predicted molar refractivity (Wildman–Crippen MR) is 67.3 cm³/mol. The fourth-order valence-electron chi connectivity index (χ4n) is 1.31. The first kappa shape index (κ1) is 13.4. The topological polar surface area (TPSA) is 58.2 Å². The molecule has 0 heterocycles. The van der Waals surface area contributed by atoms with Crippen molar-refractivity contribution in [2.75, 3.05) is 13.6 Å². The minimum absolute atomic E-state index is 0.000707. The van der Waals surface area contributed by atoms with E-state index < -0.39 is 0 Å². The molecule has 0 aliphatic heterocycles. The second-order valence-corrected chi connectivity index (χ2v) is 4.03. The molecule has 1 amide bonds. The summed E-state index contributed by atoms with van der Waals surface area (Å²) in [5, 5.41) is 5.85. The highest BCUT2D eigenvalue weighted by molar-refractivity contribution is 5.97. The maximum atomic E-state index is 11.7. The zero-order valence-electron chi connectivity index (χ0n) is 10.4. The molecule has 4 nitrogen and oxygen atoms in total. The number of amides is 1. The smallest absolute Gasteiger partial charge is 0.251 e. The first-order valence-corrected chi connectivity index (χ1v) is 5.61. The molecule has 17 heavy (non-hydrogen) atoms. The highest BCUT2D eigenvalue weighted by atomic mass is 16.1. The van der Waals surface area contributed by atoms with Crippen LogP contribution in [0, 0.1) is 0 Å². The van der Waals surface area contributed by atoms with Gasteiger partial charge in [0.15, 0.2) is 5.78 Å². The normalized spacial score (nSPS) is 11.9. The Bertz CT molecular complexity index is 398. The number of ketones is 1. The minimum atomic E-state index is -0.123. The number of carbonyl (C=O) groups excluding carboxylic acids is 2. The Labute approximate surface area is 101 Å². The van der Waals surface area contributed by atoms with Gasteiger partial charge in [-0.05, 0) is 33.0 Å². The van der Waals surface area contributed by atoms with Crippen LogP contribution >= 0.6 is 0 Å². The van der Waals surface area contributed by atoms with Crippen molar-refractivity contribution in [1.29, 1.82) is 0 Å². The monoisotopic (exact) mass is 234 g/mol. The van der Waals surface area contributed by atoms with Gasteiger partial charge in [-0.1, -0.05) is 12.1 Å². The molecule has 0 fully saturated rings. The van der Waals surface area contributed by atoms with Crippen LogP contribution in [-0.4, -0.2) is 31.3 Å². The summed E-state index contributed by atoms with van der Waals surface area (Å²) in [6.45, 7) is 4.06. The molecule has 0 spiro atoms. The van der Waals surface area contributed by atoms with Crippen LogP contribution in [0.5, 0.6) is 0 Å². The van der Waals surface area contributed by atoms with E-state index in [0.29, 0.717) is 17.7 Å². The Kier molecular flexibility index (Phi) is 4.84. The molecule has 0 radical (unpaired) electrons. The first-order valence-electron chi connectivity index (χ1n) is 5.61. The highest BCUT2D eigenvalue weighted by Gasteiger charge is 2.07. The van der Waals surface area contributed by atoms with E-state index in [1.807, 2.05) is 14.0 Å². The standard InChI is InChI=1S/C13H18N2O2/c1-9(14-3)8-15-13(17)12-6-4-11(5-7-12)10(2)16/h4-7,9,14H,8H2,1-3H3,(H,15,17). The summed E-state index contributed by atoms with van der Waals surface area (Å²) in [6, 6.07) is 6.89. The van der Waals surface area contributed by atoms with E-state index in [1.165, 1.54) is 6.92 Å². The van der Waals surface area contributed by atoms with Crippen molar-refractivity contribution in [3.63, 3.8) is 0 Å². The molecule has 0 bridgehead atoms. The van der Waals surface area contributed by atoms with Crippen molar-refractivity contribution >= 4 is 11.7 Å². The van der Waals surface area contributed by atoms with E-state index in [2.05, 4.69) is 10.6 Å². The minimum Gasteiger partial charge on any atom is -0.350 e. The van der Waals surface area contributed by atoms with Gasteiger partial charge in [0, 0.05) is 23.7 Å². The third-order valence-electron chi connectivity index (χ3n) is 2.62. The van der Waals surface area contributed by atoms with Crippen LogP contribution in [0.15, 0.2) is 24.3 Å². The summed E-state index contributed by atoms with van der Waals surface area (Å²) in [5.41, 5.74) is 1.18. The van der Waals surface area contributed by atoms with E-state index in [4.69, 9.17) is 0 Å². The number of nitrogens with one attached hydrogen (secondary N) is 2. The van der Waals surface area contributed by atoms with Crippen LogP contribution < -0.4 is 10.6 Å². The number of benzene rings is 1. The third kappa shape index (κ3) is 4.00. The summed E-state index contributed by atoms with van der Waals surface area (Å²) in [7, 11) is 1.85. The van der Waals surface area contributed by atoms with Crippen LogP contribution in [0.2, 0.25) is 0 Å². The van der Waals surface area contributed by atoms with Gasteiger partial charge < -0.3 is 10.6 Å². The lowest BCUT2D eigenvalue weighted by atomic mass is 10.1. The van der Waals surface area contributed by atoms with Gasteiger partial charge in [-0.3, -0.25) is 9.59 Å². The molecule has 0 saturated carbocycles. The average Bonchev–Trinajstić information content (AvgIpc) is 2.35. The number of Topliss-reactive ketones (excluding diaryl/α,β-unsaturated/α-hetero) is 1. The maximum Gasteiger partial charge on any atom is 0.251 e. The molecule has 1 aromatic carbocycles. The van der Waals surface area contributed by atoms with Crippen LogP contribution in [-0.2, 0) is 0 Å². The zero-order valence-corrected chi connectivity index (χ0v) is 10.4. The molecule has 1 aromatic rings. The SMILES string of the molecule is CNC(C)CNC(=O)c1ccc(C(C)=O)cc1. The number of hydrogen-bond acceptors (Lipinski definition) is 3. The molecule has 0 aliphatic rings. The van der Waals surface area contributed by atoms with Gasteiger partial charge in [-0.2, -0.15) is 0 Å². The zero-order chi connectivity index (χ0) is 12.8. The molecule has 4 heteroatoms. The lowest BCUT2D eigenvalue weighted by Crippen LogP contribution is -2.37. The van der Waals surface area contributed by atoms with Gasteiger partial charge in [0.05, 0.1) is 0 Å². The Morgan fingerprint density at radius 3 is 2.18 bits per heavy atom. The largest absolute Gasteiger partial charge is 0.350 e. The van der Waals surface area contributed by atoms with Gasteiger partial charge in [-0.15, -0.1) is 0 Å². The molecule has 1 rings (SSSR count). The van der Waals surface area contributed by atoms with E-state index in [9.17, 15) is 9.59 Å². The van der Waals surface area contributed by atoms with Crippen LogP contribution in [0.25, 0.3) is 0 Å². The summed E-state index contributed by atoms with van der Waals surface area (Å²) in [5.74, 6) is -0.122. The van der Waals surface area contributed by atoms with E-state index in [1.54, 1.807) is 24.3 Å². The number of carbonyl (C=O) groups is 2. The van der Waals surface area contributed by atoms with Crippen molar-refractivity contribution < 1.29 is 9.59 Å². The fraction of sp³-hybridized carbons (Fsp3) is 0.385. The summed E-state index contributed by atoms with van der Waals surface area (Å²) >= 11 is 0. The molecule has 0 aromatic heterocycles. The Hall–Kier alpha value is -1.68. The van der Waals surface area contributed by atoms with Gasteiger partial charge in [-0.25, -0.2) is 0 Å². The van der Waals surface area contributed by atoms with Crippen molar-refractivity contribution in [1.82, 2.24) is 10.6 Å². The third-order valence-corrected chi connectivity index (χ3v) is 2.62. The lowest BCUT2D eigenvalue weighted by Gasteiger charge is -2.11. The summed E-state index contributed by atoms with van der Waals surface area (Å²) in [6.07, 6.45) is 0. The van der Waals surface area contributed by atoms with Gasteiger partial charge in [0.2, 0.25) is 0 Å². The van der Waals surface area contributed by atoms with Crippen LogP contribution in [0.4, 0.5) is 0 Å². The lowest BCUT2D eigenvalue weighted by molar-refractivity contribution is 0.0948. The quantitative estimate of drug-likeness (QED) is 0.753. The van der Waals surface area contributed by atoms with Crippen LogP contribution in [0.1, 0.15) is 34.6 Å². The fourth-order valence-corrected chi connectivity index (χ4v) is 1.31. The van der Waals surface area contributed by atoms with Crippen molar-refractivity contribution in [2.24, 2.45) is 0 Å². The van der Waals surface area contributed by atoms with Crippen molar-refractivity contribution in [3.05, 3.63) is 35.4 Å². The molecule has 0 saturated heterocycles. The van der Waals surface area contributed by atoms with E-state index >= 15 is 0 Å². The molecule has 1 atom stereocenters. The van der Waals surface area contributed by atoms with E-state index in [-0.39, 0.29) is 17.7 Å². The predicted octanol–water partition coefficient (Wildman–Crippen LogP) is 1.23. The molecule has 1 unspecified atom stereocenters. The maximum absolute atomic E-state index is 11.7. The second-order valence-electron chi connectivity index (χ2n) is 4.03. The molecule has 2 N–H and O–H groups in total. The molecular weight excluding hydrogens is 216 g/mol. The Morgan fingerprint density at radius 2 is 1.71 bits per heavy atom. The van der Waals surface area contributed by atoms with Gasteiger partial charge in [0.25, 0.3) is 5.91 Å². The van der Waals surface area contributed by atoms with Crippen molar-refractivity contribution in [2.45, 2.75) is 19.9 Å². The molecular formula is C13H18N2O2. The first-order chi connectivity index (χ1) is 8.04. The highest BCUT2D eigenvalue weighted by Crippen LogP contribution is 2.05. The van der Waals surface area contributed by atoms with Gasteiger partial charge >= 0.3 is 0 Å². The number of likely N-dealkylation sites (N-methyl/N-ethyl adjacent to an activating group) is 1. The van der Waals surface area contributed by atoms with E-state index in [0.717, 1.165) is 0 Å². The summed E-state index contributed by atoms with van der Waals surface area (Å²) in [4.78, 5) is 22.8. The summed E-state index contributed by atoms with van der Waals surface area (Å²) < 4.78 is 0. The Morgan fingerprint density at radius 1 is 1.18 bits per heavy atom. The van der Waals surface area contributed by atoms with Crippen molar-refractivity contribution in [3.8, 4) is 0 Å². The average molecular weight is 234 g/mol. The van der Waals surface area contributed by atoms with Gasteiger partial charge in [0.1, 0.15) is 0 Å². The van der Waals surface area contributed by atoms with Crippen LogP contribution in [0.3, 0.4) is 0 Å². The molecule has 92 valence electrons.